The first kappa shape index (κ1) is 20.9. The van der Waals surface area contributed by atoms with Gasteiger partial charge in [0.05, 0.1) is 11.5 Å². The molecule has 9 heteroatoms. The number of likely N-dealkylation sites (N-methyl/N-ethyl adjacent to an activating group) is 1. The van der Waals surface area contributed by atoms with E-state index in [-0.39, 0.29) is 28.1 Å². The van der Waals surface area contributed by atoms with Crippen LogP contribution in [0.4, 0.5) is 5.69 Å². The quantitative estimate of drug-likeness (QED) is 0.557. The van der Waals surface area contributed by atoms with Gasteiger partial charge < -0.3 is 10.2 Å². The number of thiophene rings is 1. The van der Waals surface area contributed by atoms with Gasteiger partial charge in [0.1, 0.15) is 11.1 Å². The Morgan fingerprint density at radius 3 is 2.59 bits per heavy atom. The Morgan fingerprint density at radius 1 is 1.33 bits per heavy atom. The van der Waals surface area contributed by atoms with Crippen molar-refractivity contribution in [3.8, 4) is 0 Å². The Bertz CT molecular complexity index is 839. The van der Waals surface area contributed by atoms with Crippen LogP contribution in [0, 0.1) is 16.0 Å². The van der Waals surface area contributed by atoms with Gasteiger partial charge in [-0.05, 0) is 29.5 Å². The molecule has 0 aliphatic heterocycles. The number of amides is 2. The minimum atomic E-state index is -0.753. The molecule has 0 fully saturated rings. The number of halogens is 1. The van der Waals surface area contributed by atoms with Gasteiger partial charge in [0.25, 0.3) is 11.6 Å². The lowest BCUT2D eigenvalue weighted by Gasteiger charge is -2.27. The number of benzene rings is 1. The van der Waals surface area contributed by atoms with Gasteiger partial charge in [-0.3, -0.25) is 19.7 Å². The minimum Gasteiger partial charge on any atom is -0.340 e. The lowest BCUT2D eigenvalue weighted by atomic mass is 10.0. The second-order valence-electron chi connectivity index (χ2n) is 6.39. The highest BCUT2D eigenvalue weighted by atomic mass is 35.5. The topological polar surface area (TPSA) is 92.5 Å². The van der Waals surface area contributed by atoms with Gasteiger partial charge >= 0.3 is 0 Å². The van der Waals surface area contributed by atoms with Crippen LogP contribution in [0.3, 0.4) is 0 Å². The van der Waals surface area contributed by atoms with Crippen molar-refractivity contribution in [2.24, 2.45) is 5.92 Å². The van der Waals surface area contributed by atoms with Crippen LogP contribution in [0.5, 0.6) is 0 Å². The molecule has 0 saturated heterocycles. The van der Waals surface area contributed by atoms with Crippen molar-refractivity contribution < 1.29 is 14.5 Å². The second-order valence-corrected chi connectivity index (χ2v) is 7.83. The number of nitro benzene ring substituents is 1. The van der Waals surface area contributed by atoms with Crippen molar-refractivity contribution in [1.29, 1.82) is 0 Å². The average Bonchev–Trinajstić information content (AvgIpc) is 3.11. The largest absolute Gasteiger partial charge is 0.340 e. The smallest absolute Gasteiger partial charge is 0.288 e. The number of rotatable bonds is 7. The van der Waals surface area contributed by atoms with E-state index in [2.05, 4.69) is 5.32 Å². The minimum absolute atomic E-state index is 0.0521. The maximum absolute atomic E-state index is 12.8. The predicted octanol–water partition coefficient (Wildman–Crippen LogP) is 3.72. The Hall–Kier alpha value is -2.45. The number of nitrogens with one attached hydrogen (secondary N) is 1. The molecule has 2 amide bonds. The van der Waals surface area contributed by atoms with Crippen LogP contribution < -0.4 is 5.32 Å². The van der Waals surface area contributed by atoms with Crippen molar-refractivity contribution in [2.45, 2.75) is 26.4 Å². The fourth-order valence-electron chi connectivity index (χ4n) is 2.48. The van der Waals surface area contributed by atoms with Crippen molar-refractivity contribution in [3.05, 3.63) is 61.3 Å². The normalized spacial score (nSPS) is 11.9. The molecule has 0 radical (unpaired) electrons. The fourth-order valence-corrected chi connectivity index (χ4v) is 3.43. The molecule has 0 unspecified atom stereocenters. The van der Waals surface area contributed by atoms with E-state index in [1.807, 2.05) is 31.4 Å². The summed E-state index contributed by atoms with van der Waals surface area (Å²) < 4.78 is 0. The maximum Gasteiger partial charge on any atom is 0.288 e. The van der Waals surface area contributed by atoms with E-state index < -0.39 is 16.9 Å². The van der Waals surface area contributed by atoms with Gasteiger partial charge in [-0.15, -0.1) is 11.3 Å². The molecule has 0 aliphatic carbocycles. The molecule has 27 heavy (non-hydrogen) atoms. The predicted molar refractivity (Wildman–Crippen MR) is 105 cm³/mol. The molecule has 1 aromatic carbocycles. The number of nitrogens with zero attached hydrogens (tertiary/aromatic N) is 2. The van der Waals surface area contributed by atoms with E-state index in [9.17, 15) is 19.7 Å². The number of carbonyl (C=O) groups is 2. The van der Waals surface area contributed by atoms with Crippen LogP contribution in [-0.2, 0) is 11.3 Å². The van der Waals surface area contributed by atoms with Gasteiger partial charge in [0, 0.05) is 23.6 Å². The first-order valence-corrected chi connectivity index (χ1v) is 9.48. The molecule has 0 saturated carbocycles. The molecule has 1 N–H and O–H groups in total. The fraction of sp³-hybridized carbons (Fsp3) is 0.333. The Kier molecular flexibility index (Phi) is 6.92. The second kappa shape index (κ2) is 8.96. The Morgan fingerprint density at radius 2 is 2.04 bits per heavy atom. The van der Waals surface area contributed by atoms with Crippen LogP contribution >= 0.6 is 22.9 Å². The van der Waals surface area contributed by atoms with Crippen molar-refractivity contribution in [3.63, 3.8) is 0 Å². The Labute approximate surface area is 166 Å². The summed E-state index contributed by atoms with van der Waals surface area (Å²) in [6.07, 6.45) is 0. The molecule has 0 spiro atoms. The highest BCUT2D eigenvalue weighted by molar-refractivity contribution is 7.09. The molecule has 1 heterocycles. The van der Waals surface area contributed by atoms with Crippen LogP contribution in [0.2, 0.25) is 5.02 Å². The summed E-state index contributed by atoms with van der Waals surface area (Å²) >= 11 is 7.33. The summed E-state index contributed by atoms with van der Waals surface area (Å²) in [5.74, 6) is -0.948. The molecule has 0 bridgehead atoms. The summed E-state index contributed by atoms with van der Waals surface area (Å²) in [7, 11) is 1.68. The molecule has 1 aromatic heterocycles. The molecule has 1 atom stereocenters. The monoisotopic (exact) mass is 409 g/mol. The first-order valence-electron chi connectivity index (χ1n) is 8.23. The third-order valence-electron chi connectivity index (χ3n) is 3.97. The number of carbonyl (C=O) groups excluding carboxylic acids is 2. The summed E-state index contributed by atoms with van der Waals surface area (Å²) in [4.78, 5) is 38.3. The summed E-state index contributed by atoms with van der Waals surface area (Å²) in [6, 6.07) is 6.88. The highest BCUT2D eigenvalue weighted by Gasteiger charge is 2.28. The molecule has 144 valence electrons. The number of nitro groups is 1. The zero-order valence-electron chi connectivity index (χ0n) is 15.1. The molecule has 2 rings (SSSR count). The summed E-state index contributed by atoms with van der Waals surface area (Å²) in [5.41, 5.74) is -0.281. The zero-order valence-corrected chi connectivity index (χ0v) is 16.7. The molecule has 2 aromatic rings. The van der Waals surface area contributed by atoms with Crippen molar-refractivity contribution in [1.82, 2.24) is 10.2 Å². The van der Waals surface area contributed by atoms with Crippen LogP contribution in [0.1, 0.15) is 29.1 Å². The number of hydrogen-bond donors (Lipinski definition) is 1. The van der Waals surface area contributed by atoms with Gasteiger partial charge in [0.2, 0.25) is 5.91 Å². The summed E-state index contributed by atoms with van der Waals surface area (Å²) in [5, 5.41) is 15.6. The van der Waals surface area contributed by atoms with Crippen molar-refractivity contribution in [2.75, 3.05) is 7.05 Å². The first-order chi connectivity index (χ1) is 12.7. The SMILES string of the molecule is CC(C)[C@H](NC(=O)c1ccc(Cl)c([N+](=O)[O-])c1)C(=O)N(C)Cc1cccs1. The maximum atomic E-state index is 12.8. The van der Waals surface area contributed by atoms with Gasteiger partial charge in [-0.2, -0.15) is 0 Å². The summed E-state index contributed by atoms with van der Waals surface area (Å²) in [6.45, 7) is 4.10. The van der Waals surface area contributed by atoms with Gasteiger partial charge in [0.15, 0.2) is 0 Å². The lowest BCUT2D eigenvalue weighted by Crippen LogP contribution is -2.50. The highest BCUT2D eigenvalue weighted by Crippen LogP contribution is 2.25. The van der Waals surface area contributed by atoms with Crippen molar-refractivity contribution >= 4 is 40.4 Å². The molecular weight excluding hydrogens is 390 g/mol. The molecule has 7 nitrogen and oxygen atoms in total. The van der Waals surface area contributed by atoms with E-state index in [4.69, 9.17) is 11.6 Å². The van der Waals surface area contributed by atoms with Gasteiger partial charge in [-0.1, -0.05) is 31.5 Å². The Balaban J connectivity index is 2.15. The van der Waals surface area contributed by atoms with Crippen LogP contribution in [0.15, 0.2) is 35.7 Å². The standard InChI is InChI=1S/C18H20ClN3O4S/c1-11(2)16(18(24)21(3)10-13-5-4-8-27-13)20-17(23)12-6-7-14(19)15(9-12)22(25)26/h4-9,11,16H,10H2,1-3H3,(H,20,23)/t16-/m0/s1. The lowest BCUT2D eigenvalue weighted by molar-refractivity contribution is -0.384. The van der Waals surface area contributed by atoms with E-state index in [1.54, 1.807) is 23.3 Å². The third kappa shape index (κ3) is 5.27. The average molecular weight is 410 g/mol. The zero-order chi connectivity index (χ0) is 20.1. The molecular formula is C18H20ClN3O4S. The van der Waals surface area contributed by atoms with Gasteiger partial charge in [-0.25, -0.2) is 0 Å². The van der Waals surface area contributed by atoms with Crippen LogP contribution in [-0.4, -0.2) is 34.7 Å². The van der Waals surface area contributed by atoms with E-state index in [0.29, 0.717) is 6.54 Å². The number of hydrogen-bond acceptors (Lipinski definition) is 5. The van der Waals surface area contributed by atoms with E-state index in [1.165, 1.54) is 12.1 Å². The molecule has 0 aliphatic rings. The van der Waals surface area contributed by atoms with E-state index in [0.717, 1.165) is 10.9 Å². The van der Waals surface area contributed by atoms with E-state index >= 15 is 0 Å². The van der Waals surface area contributed by atoms with Crippen LogP contribution in [0.25, 0.3) is 0 Å². The third-order valence-corrected chi connectivity index (χ3v) is 5.15.